The zero-order chi connectivity index (χ0) is 24.1. The van der Waals surface area contributed by atoms with Crippen LogP contribution >= 0.6 is 27.7 Å². The third kappa shape index (κ3) is 6.45. The maximum Gasteiger partial charge on any atom is 0.251 e. The van der Waals surface area contributed by atoms with Crippen molar-refractivity contribution in [3.63, 3.8) is 0 Å². The van der Waals surface area contributed by atoms with Crippen molar-refractivity contribution in [1.82, 2.24) is 20.1 Å². The highest BCUT2D eigenvalue weighted by Gasteiger charge is 2.25. The molecule has 174 valence electrons. The van der Waals surface area contributed by atoms with Crippen molar-refractivity contribution < 1.29 is 9.59 Å². The zero-order valence-electron chi connectivity index (χ0n) is 19.3. The van der Waals surface area contributed by atoms with Crippen LogP contribution in [0.3, 0.4) is 0 Å². The van der Waals surface area contributed by atoms with Crippen molar-refractivity contribution in [2.24, 2.45) is 13.0 Å². The Morgan fingerprint density at radius 3 is 2.55 bits per heavy atom. The molecule has 0 aliphatic rings. The molecule has 2 aromatic carbocycles. The number of carbonyl (C=O) groups is 2. The fraction of sp³-hybridized carbons (Fsp3) is 0.333. The molecule has 0 unspecified atom stereocenters. The van der Waals surface area contributed by atoms with Gasteiger partial charge in [-0.05, 0) is 55.7 Å². The summed E-state index contributed by atoms with van der Waals surface area (Å²) >= 11 is 4.73. The van der Waals surface area contributed by atoms with Crippen molar-refractivity contribution in [3.05, 3.63) is 69.5 Å². The molecule has 0 saturated carbocycles. The van der Waals surface area contributed by atoms with E-state index in [9.17, 15) is 9.59 Å². The SMILES string of the molecule is Cc1cccc(C(=O)N[C@@H](c2nnc(SCC(=O)Nc3ccc(Br)cc3C)n2C)C(C)C)c1. The first-order chi connectivity index (χ1) is 15.7. The molecule has 2 amide bonds. The van der Waals surface area contributed by atoms with E-state index < -0.39 is 0 Å². The molecular weight excluding hydrogens is 502 g/mol. The fourth-order valence-electron chi connectivity index (χ4n) is 3.35. The second kappa shape index (κ2) is 11.0. The topological polar surface area (TPSA) is 88.9 Å². The van der Waals surface area contributed by atoms with Gasteiger partial charge in [0.05, 0.1) is 11.8 Å². The van der Waals surface area contributed by atoms with Crippen LogP contribution in [-0.4, -0.2) is 32.3 Å². The van der Waals surface area contributed by atoms with Gasteiger partial charge in [0.15, 0.2) is 11.0 Å². The summed E-state index contributed by atoms with van der Waals surface area (Å²) in [4.78, 5) is 25.3. The standard InChI is InChI=1S/C24H28BrN5O2S/c1-14(2)21(27-23(32)17-8-6-7-15(3)11-17)22-28-29-24(30(22)5)33-13-20(31)26-19-10-9-18(25)12-16(19)4/h6-12,14,21H,13H2,1-5H3,(H,26,31)(H,27,32)/t21-/m1/s1. The molecular formula is C24H28BrN5O2S. The maximum absolute atomic E-state index is 12.8. The van der Waals surface area contributed by atoms with Gasteiger partial charge in [0.2, 0.25) is 5.91 Å². The molecule has 3 aromatic rings. The van der Waals surface area contributed by atoms with Crippen LogP contribution in [0.1, 0.15) is 47.2 Å². The maximum atomic E-state index is 12.8. The minimum Gasteiger partial charge on any atom is -0.342 e. The normalized spacial score (nSPS) is 12.0. The Bertz CT molecular complexity index is 1160. The van der Waals surface area contributed by atoms with Crippen molar-refractivity contribution >= 4 is 45.2 Å². The molecule has 1 atom stereocenters. The van der Waals surface area contributed by atoms with Crippen LogP contribution in [0.2, 0.25) is 0 Å². The zero-order valence-corrected chi connectivity index (χ0v) is 21.8. The first-order valence-electron chi connectivity index (χ1n) is 10.6. The number of aryl methyl sites for hydroxylation is 2. The molecule has 9 heteroatoms. The summed E-state index contributed by atoms with van der Waals surface area (Å²) in [5, 5.41) is 15.2. The number of nitrogens with one attached hydrogen (secondary N) is 2. The quantitative estimate of drug-likeness (QED) is 0.398. The van der Waals surface area contributed by atoms with Crippen LogP contribution in [0, 0.1) is 19.8 Å². The number of amides is 2. The van der Waals surface area contributed by atoms with Gasteiger partial charge in [0, 0.05) is 22.8 Å². The van der Waals surface area contributed by atoms with Gasteiger partial charge < -0.3 is 15.2 Å². The second-order valence-electron chi connectivity index (χ2n) is 8.26. The molecule has 0 spiro atoms. The molecule has 3 rings (SSSR count). The molecule has 0 aliphatic heterocycles. The van der Waals surface area contributed by atoms with Crippen LogP contribution in [-0.2, 0) is 11.8 Å². The van der Waals surface area contributed by atoms with E-state index in [2.05, 4.69) is 36.8 Å². The predicted molar refractivity (Wildman–Crippen MR) is 135 cm³/mol. The van der Waals surface area contributed by atoms with Gasteiger partial charge in [-0.15, -0.1) is 10.2 Å². The van der Waals surface area contributed by atoms with Gasteiger partial charge >= 0.3 is 0 Å². The lowest BCUT2D eigenvalue weighted by Crippen LogP contribution is -2.33. The first kappa shape index (κ1) is 25.0. The van der Waals surface area contributed by atoms with Crippen LogP contribution in [0.4, 0.5) is 5.69 Å². The number of rotatable bonds is 8. The lowest BCUT2D eigenvalue weighted by atomic mass is 10.0. The molecule has 7 nitrogen and oxygen atoms in total. The van der Waals surface area contributed by atoms with Gasteiger partial charge in [-0.25, -0.2) is 0 Å². The Kier molecular flexibility index (Phi) is 8.31. The van der Waals surface area contributed by atoms with E-state index >= 15 is 0 Å². The van der Waals surface area contributed by atoms with Gasteiger partial charge in [-0.2, -0.15) is 0 Å². The van der Waals surface area contributed by atoms with Crippen LogP contribution in [0.5, 0.6) is 0 Å². The minimum atomic E-state index is -0.316. The van der Waals surface area contributed by atoms with E-state index in [4.69, 9.17) is 0 Å². The summed E-state index contributed by atoms with van der Waals surface area (Å²) in [5.74, 6) is 0.673. The number of thioether (sulfide) groups is 1. The van der Waals surface area contributed by atoms with Crippen LogP contribution < -0.4 is 10.6 Å². The van der Waals surface area contributed by atoms with E-state index in [1.54, 1.807) is 6.07 Å². The summed E-state index contributed by atoms with van der Waals surface area (Å²) < 4.78 is 2.80. The molecule has 2 N–H and O–H groups in total. The summed E-state index contributed by atoms with van der Waals surface area (Å²) in [7, 11) is 1.85. The van der Waals surface area contributed by atoms with Gasteiger partial charge in [-0.3, -0.25) is 9.59 Å². The van der Waals surface area contributed by atoms with Gasteiger partial charge in [0.1, 0.15) is 0 Å². The average molecular weight is 530 g/mol. The lowest BCUT2D eigenvalue weighted by molar-refractivity contribution is -0.113. The van der Waals surface area contributed by atoms with E-state index in [1.165, 1.54) is 11.8 Å². The lowest BCUT2D eigenvalue weighted by Gasteiger charge is -2.21. The molecule has 0 saturated heterocycles. The van der Waals surface area contributed by atoms with Gasteiger partial charge in [0.25, 0.3) is 5.91 Å². The number of hydrogen-bond acceptors (Lipinski definition) is 5. The van der Waals surface area contributed by atoms with E-state index in [-0.39, 0.29) is 29.5 Å². The Hall–Kier alpha value is -2.65. The van der Waals surface area contributed by atoms with Crippen molar-refractivity contribution in [2.45, 2.75) is 38.9 Å². The third-order valence-corrected chi connectivity index (χ3v) is 6.69. The summed E-state index contributed by atoms with van der Waals surface area (Å²) in [6, 6.07) is 12.9. The van der Waals surface area contributed by atoms with E-state index in [1.807, 2.05) is 75.7 Å². The summed E-state index contributed by atoms with van der Waals surface area (Å²) in [6.07, 6.45) is 0. The van der Waals surface area contributed by atoms with Gasteiger partial charge in [-0.1, -0.05) is 59.2 Å². The smallest absolute Gasteiger partial charge is 0.251 e. The molecule has 0 fully saturated rings. The highest BCUT2D eigenvalue weighted by atomic mass is 79.9. The van der Waals surface area contributed by atoms with E-state index in [0.29, 0.717) is 16.5 Å². The Morgan fingerprint density at radius 1 is 1.12 bits per heavy atom. The predicted octanol–water partition coefficient (Wildman–Crippen LogP) is 5.05. The largest absolute Gasteiger partial charge is 0.342 e. The highest BCUT2D eigenvalue weighted by Crippen LogP contribution is 2.25. The Morgan fingerprint density at radius 2 is 1.88 bits per heavy atom. The Labute approximate surface area is 206 Å². The fourth-order valence-corrected chi connectivity index (χ4v) is 4.54. The molecule has 33 heavy (non-hydrogen) atoms. The average Bonchev–Trinajstić information content (AvgIpc) is 3.12. The number of halogens is 1. The second-order valence-corrected chi connectivity index (χ2v) is 10.1. The first-order valence-corrected chi connectivity index (χ1v) is 12.4. The molecule has 1 heterocycles. The van der Waals surface area contributed by atoms with Crippen molar-refractivity contribution in [2.75, 3.05) is 11.1 Å². The Balaban J connectivity index is 1.67. The number of anilines is 1. The van der Waals surface area contributed by atoms with Crippen LogP contribution in [0.25, 0.3) is 0 Å². The molecule has 0 aliphatic carbocycles. The molecule has 1 aromatic heterocycles. The molecule has 0 radical (unpaired) electrons. The monoisotopic (exact) mass is 529 g/mol. The number of aromatic nitrogens is 3. The number of carbonyl (C=O) groups excluding carboxylic acids is 2. The minimum absolute atomic E-state index is 0.100. The van der Waals surface area contributed by atoms with Crippen LogP contribution in [0.15, 0.2) is 52.1 Å². The highest BCUT2D eigenvalue weighted by molar-refractivity contribution is 9.10. The molecule has 0 bridgehead atoms. The number of nitrogens with zero attached hydrogens (tertiary/aromatic N) is 3. The van der Waals surface area contributed by atoms with E-state index in [0.717, 1.165) is 21.3 Å². The van der Waals surface area contributed by atoms with Crippen molar-refractivity contribution in [1.29, 1.82) is 0 Å². The van der Waals surface area contributed by atoms with Crippen molar-refractivity contribution in [3.8, 4) is 0 Å². The third-order valence-electron chi connectivity index (χ3n) is 5.18. The number of benzene rings is 2. The summed E-state index contributed by atoms with van der Waals surface area (Å²) in [5.41, 5.74) is 3.39. The summed E-state index contributed by atoms with van der Waals surface area (Å²) in [6.45, 7) is 7.95. The number of hydrogen-bond donors (Lipinski definition) is 2.